The lowest BCUT2D eigenvalue weighted by molar-refractivity contribution is -0.140. The van der Waals surface area contributed by atoms with Crippen LogP contribution in [0.2, 0.25) is 0 Å². The molecule has 4 atom stereocenters. The first kappa shape index (κ1) is 14.9. The number of benzene rings is 1. The zero-order valence-electron chi connectivity index (χ0n) is 11.1. The average molecular weight is 280 g/mol. The van der Waals surface area contributed by atoms with E-state index in [0.717, 1.165) is 5.56 Å². The molecule has 1 fully saturated rings. The molecule has 0 spiro atoms. The second-order valence-corrected chi connectivity index (χ2v) is 5.18. The van der Waals surface area contributed by atoms with Crippen LogP contribution in [-0.2, 0) is 11.2 Å². The molecule has 0 aromatic heterocycles. The van der Waals surface area contributed by atoms with E-state index in [0.29, 0.717) is 6.42 Å². The van der Waals surface area contributed by atoms with E-state index in [9.17, 15) is 20.1 Å². The quantitative estimate of drug-likeness (QED) is 0.536. The van der Waals surface area contributed by atoms with Crippen molar-refractivity contribution in [3.63, 3.8) is 0 Å². The van der Waals surface area contributed by atoms with Gasteiger partial charge in [-0.25, -0.2) is 0 Å². The van der Waals surface area contributed by atoms with Crippen LogP contribution in [0.15, 0.2) is 30.3 Å². The summed E-state index contributed by atoms with van der Waals surface area (Å²) in [4.78, 5) is 13.3. The number of nitrogens with two attached hydrogens (primary N) is 1. The minimum Gasteiger partial charge on any atom is -0.388 e. The summed E-state index contributed by atoms with van der Waals surface area (Å²) < 4.78 is 0. The molecule has 1 heterocycles. The molecular formula is C14H20N2O4. The number of aliphatic hydroxyl groups excluding tert-OH is 3. The van der Waals surface area contributed by atoms with Gasteiger partial charge in [-0.2, -0.15) is 0 Å². The Hall–Kier alpha value is -1.47. The standard InChI is InChI=1S/C14H20N2O4/c15-10(6-9-4-2-1-3-5-9)13(19)14(20)16-7-11(17)12(18)8-16/h1-5,10-13,17-19H,6-8,15H2/t10-,11-,12+,13+/m0/s1. The number of hydrogen-bond donors (Lipinski definition) is 4. The number of carbonyl (C=O) groups excluding carboxylic acids is 1. The molecule has 20 heavy (non-hydrogen) atoms. The van der Waals surface area contributed by atoms with Gasteiger partial charge >= 0.3 is 0 Å². The van der Waals surface area contributed by atoms with Crippen molar-refractivity contribution < 1.29 is 20.1 Å². The molecule has 1 aromatic carbocycles. The van der Waals surface area contributed by atoms with Crippen molar-refractivity contribution in [3.8, 4) is 0 Å². The van der Waals surface area contributed by atoms with Gasteiger partial charge in [-0.3, -0.25) is 4.79 Å². The molecule has 0 radical (unpaired) electrons. The van der Waals surface area contributed by atoms with Crippen molar-refractivity contribution in [1.29, 1.82) is 0 Å². The number of carbonyl (C=O) groups is 1. The molecule has 110 valence electrons. The highest BCUT2D eigenvalue weighted by Gasteiger charge is 2.36. The van der Waals surface area contributed by atoms with Crippen LogP contribution in [0.5, 0.6) is 0 Å². The molecule has 1 aliphatic rings. The first-order valence-corrected chi connectivity index (χ1v) is 6.61. The van der Waals surface area contributed by atoms with Gasteiger partial charge in [0.05, 0.1) is 12.2 Å². The van der Waals surface area contributed by atoms with Gasteiger partial charge in [0, 0.05) is 19.1 Å². The maximum Gasteiger partial charge on any atom is 0.253 e. The minimum atomic E-state index is -1.34. The van der Waals surface area contributed by atoms with E-state index in [1.807, 2.05) is 30.3 Å². The van der Waals surface area contributed by atoms with Gasteiger partial charge in [-0.1, -0.05) is 30.3 Å². The monoisotopic (exact) mass is 280 g/mol. The molecule has 0 saturated carbocycles. The van der Waals surface area contributed by atoms with E-state index in [-0.39, 0.29) is 13.1 Å². The first-order valence-electron chi connectivity index (χ1n) is 6.61. The maximum absolute atomic E-state index is 12.0. The molecule has 6 heteroatoms. The van der Waals surface area contributed by atoms with E-state index < -0.39 is 30.3 Å². The molecule has 0 aliphatic carbocycles. The fourth-order valence-electron chi connectivity index (χ4n) is 2.32. The van der Waals surface area contributed by atoms with Gasteiger partial charge in [-0.15, -0.1) is 0 Å². The van der Waals surface area contributed by atoms with Crippen LogP contribution in [0, 0.1) is 0 Å². The summed E-state index contributed by atoms with van der Waals surface area (Å²) >= 11 is 0. The largest absolute Gasteiger partial charge is 0.388 e. The van der Waals surface area contributed by atoms with E-state index in [4.69, 9.17) is 5.73 Å². The highest BCUT2D eigenvalue weighted by Crippen LogP contribution is 2.13. The summed E-state index contributed by atoms with van der Waals surface area (Å²) in [6, 6.07) is 8.64. The zero-order valence-corrected chi connectivity index (χ0v) is 11.1. The van der Waals surface area contributed by atoms with Gasteiger partial charge in [0.15, 0.2) is 0 Å². The Balaban J connectivity index is 1.93. The number of nitrogens with zero attached hydrogens (tertiary/aromatic N) is 1. The van der Waals surface area contributed by atoms with Crippen LogP contribution in [0.4, 0.5) is 0 Å². The Labute approximate surface area is 117 Å². The molecule has 1 aliphatic heterocycles. The number of hydrogen-bond acceptors (Lipinski definition) is 5. The average Bonchev–Trinajstić information content (AvgIpc) is 2.78. The molecule has 0 bridgehead atoms. The topological polar surface area (TPSA) is 107 Å². The van der Waals surface area contributed by atoms with E-state index in [1.54, 1.807) is 0 Å². The third-order valence-corrected chi connectivity index (χ3v) is 3.54. The number of likely N-dealkylation sites (tertiary alicyclic amines) is 1. The third-order valence-electron chi connectivity index (χ3n) is 3.54. The number of β-amino-alcohol motifs (C(OH)–C–C–N with tert-alkyl or cyclic N) is 2. The summed E-state index contributed by atoms with van der Waals surface area (Å²) in [5.74, 6) is -0.552. The molecule has 1 saturated heterocycles. The van der Waals surface area contributed by atoms with Crippen LogP contribution in [0.1, 0.15) is 5.56 Å². The van der Waals surface area contributed by atoms with Crippen molar-refractivity contribution in [2.45, 2.75) is 30.8 Å². The summed E-state index contributed by atoms with van der Waals surface area (Å²) in [7, 11) is 0. The second kappa shape index (κ2) is 6.32. The SMILES string of the molecule is N[C@@H](Cc1ccccc1)[C@@H](O)C(=O)N1C[C@@H](O)[C@@H](O)C1. The molecule has 6 nitrogen and oxygen atoms in total. The molecule has 2 rings (SSSR count). The summed E-state index contributed by atoms with van der Waals surface area (Å²) in [5, 5.41) is 28.8. The lowest BCUT2D eigenvalue weighted by atomic mass is 10.0. The Morgan fingerprint density at radius 3 is 2.35 bits per heavy atom. The van der Waals surface area contributed by atoms with Gasteiger partial charge < -0.3 is 26.0 Å². The van der Waals surface area contributed by atoms with Crippen LogP contribution in [-0.4, -0.2) is 63.6 Å². The molecule has 1 aromatic rings. The zero-order chi connectivity index (χ0) is 14.7. The third kappa shape index (κ3) is 3.34. The van der Waals surface area contributed by atoms with Crippen molar-refractivity contribution >= 4 is 5.91 Å². The molecule has 0 unspecified atom stereocenters. The van der Waals surface area contributed by atoms with Crippen LogP contribution in [0.3, 0.4) is 0 Å². The van der Waals surface area contributed by atoms with Crippen molar-refractivity contribution in [3.05, 3.63) is 35.9 Å². The lowest BCUT2D eigenvalue weighted by Gasteiger charge is -2.23. The molecular weight excluding hydrogens is 260 g/mol. The van der Waals surface area contributed by atoms with E-state index in [1.165, 1.54) is 4.90 Å². The Morgan fingerprint density at radius 2 is 1.80 bits per heavy atom. The molecule has 5 N–H and O–H groups in total. The minimum absolute atomic E-state index is 0.0229. The molecule has 1 amide bonds. The summed E-state index contributed by atoms with van der Waals surface area (Å²) in [6.45, 7) is 0.0459. The van der Waals surface area contributed by atoms with Crippen LogP contribution in [0.25, 0.3) is 0 Å². The Morgan fingerprint density at radius 1 is 1.25 bits per heavy atom. The maximum atomic E-state index is 12.0. The predicted molar refractivity (Wildman–Crippen MR) is 72.7 cm³/mol. The Kier molecular flexibility index (Phi) is 4.72. The van der Waals surface area contributed by atoms with Crippen molar-refractivity contribution in [2.75, 3.05) is 13.1 Å². The predicted octanol–water partition coefficient (Wildman–Crippen LogP) is -1.52. The van der Waals surface area contributed by atoms with Gasteiger partial charge in [0.1, 0.15) is 6.10 Å². The highest BCUT2D eigenvalue weighted by molar-refractivity contribution is 5.82. The van der Waals surface area contributed by atoms with Crippen molar-refractivity contribution in [2.24, 2.45) is 5.73 Å². The fraction of sp³-hybridized carbons (Fsp3) is 0.500. The van der Waals surface area contributed by atoms with Gasteiger partial charge in [0.2, 0.25) is 0 Å². The van der Waals surface area contributed by atoms with Gasteiger partial charge in [-0.05, 0) is 12.0 Å². The van der Waals surface area contributed by atoms with Crippen LogP contribution < -0.4 is 5.73 Å². The lowest BCUT2D eigenvalue weighted by Crippen LogP contribution is -2.48. The van der Waals surface area contributed by atoms with E-state index >= 15 is 0 Å². The van der Waals surface area contributed by atoms with Crippen LogP contribution >= 0.6 is 0 Å². The van der Waals surface area contributed by atoms with Crippen molar-refractivity contribution in [1.82, 2.24) is 4.90 Å². The second-order valence-electron chi connectivity index (χ2n) is 5.18. The van der Waals surface area contributed by atoms with E-state index in [2.05, 4.69) is 0 Å². The first-order chi connectivity index (χ1) is 9.49. The number of aliphatic hydroxyl groups is 3. The highest BCUT2D eigenvalue weighted by atomic mass is 16.3. The smallest absolute Gasteiger partial charge is 0.253 e. The summed E-state index contributed by atoms with van der Waals surface area (Å²) in [6.07, 6.45) is -2.88. The Bertz CT molecular complexity index is 444. The number of amides is 1. The fourth-order valence-corrected chi connectivity index (χ4v) is 2.32. The van der Waals surface area contributed by atoms with Gasteiger partial charge in [0.25, 0.3) is 5.91 Å². The number of rotatable bonds is 4. The summed E-state index contributed by atoms with van der Waals surface area (Å²) in [5.41, 5.74) is 6.80. The normalized spacial score (nSPS) is 25.5.